The second-order valence-corrected chi connectivity index (χ2v) is 6.25. The summed E-state index contributed by atoms with van der Waals surface area (Å²) in [5, 5.41) is 3.03. The highest BCUT2D eigenvalue weighted by atomic mass is 32.1. The van der Waals surface area contributed by atoms with Crippen LogP contribution in [0.15, 0.2) is 23.6 Å². The van der Waals surface area contributed by atoms with Gasteiger partial charge in [-0.1, -0.05) is 19.9 Å². The minimum Gasteiger partial charge on any atom is -0.493 e. The molecular weight excluding hydrogens is 280 g/mol. The predicted molar refractivity (Wildman–Crippen MR) is 90.0 cm³/mol. The molecule has 0 aliphatic carbocycles. The lowest BCUT2D eigenvalue weighted by molar-refractivity contribution is 0.341. The van der Waals surface area contributed by atoms with Crippen LogP contribution < -0.4 is 10.5 Å². The minimum atomic E-state index is -0.0305. The Hall–Kier alpha value is -1.39. The van der Waals surface area contributed by atoms with Crippen LogP contribution in [0.1, 0.15) is 56.6 Å². The Kier molecular flexibility index (Phi) is 5.37. The molecule has 2 atom stereocenters. The third-order valence-electron chi connectivity index (χ3n) is 3.67. The van der Waals surface area contributed by atoms with Crippen molar-refractivity contribution in [3.05, 3.63) is 34.2 Å². The molecule has 2 unspecified atom stereocenters. The van der Waals surface area contributed by atoms with Gasteiger partial charge in [-0.25, -0.2) is 4.98 Å². The van der Waals surface area contributed by atoms with Gasteiger partial charge in [0.05, 0.1) is 18.3 Å². The second-order valence-electron chi connectivity index (χ2n) is 5.36. The topological polar surface area (TPSA) is 48.1 Å². The summed E-state index contributed by atoms with van der Waals surface area (Å²) in [5.74, 6) is 1.43. The van der Waals surface area contributed by atoms with Gasteiger partial charge in [0, 0.05) is 10.9 Å². The summed E-state index contributed by atoms with van der Waals surface area (Å²) in [5.41, 5.74) is 9.27. The van der Waals surface area contributed by atoms with Crippen molar-refractivity contribution in [3.63, 3.8) is 0 Å². The maximum absolute atomic E-state index is 5.92. The van der Waals surface area contributed by atoms with Gasteiger partial charge in [-0.05, 0) is 43.9 Å². The maximum Gasteiger partial charge on any atom is 0.128 e. The SMILES string of the molecule is CCOc1ccc(C(C)CC)cc1-c1csc(C(C)N)n1. The van der Waals surface area contributed by atoms with Gasteiger partial charge < -0.3 is 10.5 Å². The number of benzene rings is 1. The zero-order chi connectivity index (χ0) is 15.4. The van der Waals surface area contributed by atoms with Gasteiger partial charge in [0.2, 0.25) is 0 Å². The fourth-order valence-corrected chi connectivity index (χ4v) is 2.97. The molecule has 0 radical (unpaired) electrons. The summed E-state index contributed by atoms with van der Waals surface area (Å²) in [6, 6.07) is 6.39. The van der Waals surface area contributed by atoms with Crippen LogP contribution in [-0.2, 0) is 0 Å². The third-order valence-corrected chi connectivity index (χ3v) is 4.72. The first-order valence-corrected chi connectivity index (χ1v) is 8.42. The summed E-state index contributed by atoms with van der Waals surface area (Å²) < 4.78 is 5.76. The smallest absolute Gasteiger partial charge is 0.128 e. The van der Waals surface area contributed by atoms with Gasteiger partial charge in [0.15, 0.2) is 0 Å². The van der Waals surface area contributed by atoms with Gasteiger partial charge in [-0.15, -0.1) is 11.3 Å². The largest absolute Gasteiger partial charge is 0.493 e. The molecule has 0 fully saturated rings. The molecule has 2 aromatic rings. The number of thiazole rings is 1. The molecule has 3 nitrogen and oxygen atoms in total. The predicted octanol–water partition coefficient (Wildman–Crippen LogP) is 4.74. The van der Waals surface area contributed by atoms with Crippen molar-refractivity contribution in [3.8, 4) is 17.0 Å². The normalized spacial score (nSPS) is 14.0. The average Bonchev–Trinajstić information content (AvgIpc) is 2.97. The van der Waals surface area contributed by atoms with E-state index < -0.39 is 0 Å². The van der Waals surface area contributed by atoms with Crippen molar-refractivity contribution < 1.29 is 4.74 Å². The van der Waals surface area contributed by atoms with Crippen LogP contribution in [0.2, 0.25) is 0 Å². The molecule has 2 N–H and O–H groups in total. The molecule has 0 aliphatic heterocycles. The molecule has 0 saturated carbocycles. The highest BCUT2D eigenvalue weighted by molar-refractivity contribution is 7.10. The van der Waals surface area contributed by atoms with E-state index in [1.807, 2.05) is 13.8 Å². The third kappa shape index (κ3) is 3.63. The van der Waals surface area contributed by atoms with E-state index in [1.165, 1.54) is 5.56 Å². The van der Waals surface area contributed by atoms with Crippen molar-refractivity contribution >= 4 is 11.3 Å². The first-order chi connectivity index (χ1) is 10.1. The van der Waals surface area contributed by atoms with E-state index in [0.29, 0.717) is 12.5 Å². The summed E-state index contributed by atoms with van der Waals surface area (Å²) in [6.07, 6.45) is 1.12. The Labute approximate surface area is 131 Å². The molecule has 4 heteroatoms. The quantitative estimate of drug-likeness (QED) is 0.838. The van der Waals surface area contributed by atoms with E-state index in [9.17, 15) is 0 Å². The zero-order valence-electron chi connectivity index (χ0n) is 13.2. The molecular formula is C17H24N2OS. The Morgan fingerprint density at radius 1 is 1.29 bits per heavy atom. The number of hydrogen-bond acceptors (Lipinski definition) is 4. The van der Waals surface area contributed by atoms with Gasteiger partial charge in [-0.3, -0.25) is 0 Å². The fourth-order valence-electron chi connectivity index (χ4n) is 2.19. The fraction of sp³-hybridized carbons (Fsp3) is 0.471. The molecule has 1 aromatic heterocycles. The molecule has 114 valence electrons. The number of nitrogens with two attached hydrogens (primary N) is 1. The van der Waals surface area contributed by atoms with Gasteiger partial charge >= 0.3 is 0 Å². The molecule has 0 bridgehead atoms. The van der Waals surface area contributed by atoms with E-state index in [1.54, 1.807) is 11.3 Å². The van der Waals surface area contributed by atoms with Crippen molar-refractivity contribution in [2.75, 3.05) is 6.61 Å². The molecule has 0 aliphatic rings. The standard InChI is InChI=1S/C17H24N2OS/c1-5-11(3)13-7-8-16(20-6-2)14(9-13)15-10-21-17(19-15)12(4)18/h7-12H,5-6,18H2,1-4H3. The highest BCUT2D eigenvalue weighted by Crippen LogP contribution is 2.35. The molecule has 0 saturated heterocycles. The van der Waals surface area contributed by atoms with E-state index in [2.05, 4.69) is 42.4 Å². The van der Waals surface area contributed by atoms with Crippen LogP contribution in [0.25, 0.3) is 11.3 Å². The first kappa shape index (κ1) is 16.0. The Morgan fingerprint density at radius 3 is 2.62 bits per heavy atom. The van der Waals surface area contributed by atoms with E-state index in [0.717, 1.165) is 28.4 Å². The number of nitrogens with zero attached hydrogens (tertiary/aromatic N) is 1. The molecule has 0 spiro atoms. The van der Waals surface area contributed by atoms with Gasteiger partial charge in [-0.2, -0.15) is 0 Å². The number of ether oxygens (including phenoxy) is 1. The highest BCUT2D eigenvalue weighted by Gasteiger charge is 2.14. The van der Waals surface area contributed by atoms with E-state index in [-0.39, 0.29) is 6.04 Å². The van der Waals surface area contributed by atoms with Crippen molar-refractivity contribution in [1.29, 1.82) is 0 Å². The van der Waals surface area contributed by atoms with Gasteiger partial charge in [0.25, 0.3) is 0 Å². The summed E-state index contributed by atoms with van der Waals surface area (Å²) in [7, 11) is 0. The van der Waals surface area contributed by atoms with E-state index in [4.69, 9.17) is 10.5 Å². The summed E-state index contributed by atoms with van der Waals surface area (Å²) in [6.45, 7) is 9.06. The van der Waals surface area contributed by atoms with Gasteiger partial charge in [0.1, 0.15) is 10.8 Å². The minimum absolute atomic E-state index is 0.0305. The molecule has 0 amide bonds. The lowest BCUT2D eigenvalue weighted by Gasteiger charge is -2.14. The van der Waals surface area contributed by atoms with E-state index >= 15 is 0 Å². The molecule has 1 aromatic carbocycles. The number of aromatic nitrogens is 1. The van der Waals surface area contributed by atoms with Crippen LogP contribution >= 0.6 is 11.3 Å². The summed E-state index contributed by atoms with van der Waals surface area (Å²) in [4.78, 5) is 4.66. The molecule has 1 heterocycles. The van der Waals surface area contributed by atoms with Crippen LogP contribution in [0.5, 0.6) is 5.75 Å². The van der Waals surface area contributed by atoms with Crippen LogP contribution in [0, 0.1) is 0 Å². The molecule has 21 heavy (non-hydrogen) atoms. The van der Waals surface area contributed by atoms with Crippen LogP contribution in [0.3, 0.4) is 0 Å². The van der Waals surface area contributed by atoms with Crippen molar-refractivity contribution in [2.45, 2.75) is 46.1 Å². The zero-order valence-corrected chi connectivity index (χ0v) is 14.0. The van der Waals surface area contributed by atoms with Crippen molar-refractivity contribution in [1.82, 2.24) is 4.98 Å². The summed E-state index contributed by atoms with van der Waals surface area (Å²) >= 11 is 1.61. The number of rotatable bonds is 6. The van der Waals surface area contributed by atoms with Crippen molar-refractivity contribution in [2.24, 2.45) is 5.73 Å². The first-order valence-electron chi connectivity index (χ1n) is 7.54. The van der Waals surface area contributed by atoms with Crippen LogP contribution in [-0.4, -0.2) is 11.6 Å². The lowest BCUT2D eigenvalue weighted by atomic mass is 9.96. The number of hydrogen-bond donors (Lipinski definition) is 1. The Bertz CT molecular complexity index is 592. The maximum atomic E-state index is 5.92. The van der Waals surface area contributed by atoms with Crippen LogP contribution in [0.4, 0.5) is 0 Å². The average molecular weight is 304 g/mol. The lowest BCUT2D eigenvalue weighted by Crippen LogP contribution is -2.04. The monoisotopic (exact) mass is 304 g/mol. The molecule has 2 rings (SSSR count). The Balaban J connectivity index is 2.46. The second kappa shape index (κ2) is 7.05. The Morgan fingerprint density at radius 2 is 2.05 bits per heavy atom.